The summed E-state index contributed by atoms with van der Waals surface area (Å²) >= 11 is 10.4. The van der Waals surface area contributed by atoms with Crippen LogP contribution in [0.15, 0.2) is 46.8 Å². The molecule has 0 spiro atoms. The van der Waals surface area contributed by atoms with E-state index in [-0.39, 0.29) is 11.7 Å². The lowest BCUT2D eigenvalue weighted by molar-refractivity contribution is -0.113. The summed E-state index contributed by atoms with van der Waals surface area (Å²) in [5, 5.41) is 15.8. The SMILES string of the molecule is Cc1nc2c(SCC(=O)Nc3ccc(Cl)cc3)nnc(-c3cccs3)c2s1. The summed E-state index contributed by atoms with van der Waals surface area (Å²) in [6.45, 7) is 1.96. The quantitative estimate of drug-likeness (QED) is 0.421. The van der Waals surface area contributed by atoms with Crippen LogP contribution in [-0.4, -0.2) is 26.8 Å². The number of hydrogen-bond acceptors (Lipinski definition) is 7. The van der Waals surface area contributed by atoms with Crippen LogP contribution in [0.1, 0.15) is 5.01 Å². The second-order valence-electron chi connectivity index (χ2n) is 5.59. The predicted octanol–water partition coefficient (Wildman–Crippen LogP) is 5.51. The molecule has 9 heteroatoms. The van der Waals surface area contributed by atoms with Gasteiger partial charge >= 0.3 is 0 Å². The highest BCUT2D eigenvalue weighted by atomic mass is 35.5. The van der Waals surface area contributed by atoms with Crippen LogP contribution in [0.4, 0.5) is 5.69 Å². The first-order valence-corrected chi connectivity index (χ1v) is 11.0. The Morgan fingerprint density at radius 1 is 1.22 bits per heavy atom. The predicted molar refractivity (Wildman–Crippen MR) is 114 cm³/mol. The second-order valence-corrected chi connectivity index (χ2v) is 9.14. The van der Waals surface area contributed by atoms with Gasteiger partial charge in [0, 0.05) is 10.7 Å². The third-order valence-electron chi connectivity index (χ3n) is 3.62. The number of hydrogen-bond donors (Lipinski definition) is 1. The summed E-state index contributed by atoms with van der Waals surface area (Å²) < 4.78 is 1.01. The van der Waals surface area contributed by atoms with Crippen molar-refractivity contribution in [2.75, 3.05) is 11.1 Å². The highest BCUT2D eigenvalue weighted by Crippen LogP contribution is 2.36. The van der Waals surface area contributed by atoms with E-state index in [0.29, 0.717) is 15.7 Å². The number of aromatic nitrogens is 3. The average Bonchev–Trinajstić information content (AvgIpc) is 3.31. The standard InChI is InChI=1S/C18H13ClN4OS3/c1-10-20-16-17(27-10)15(13-3-2-8-25-13)22-23-18(16)26-9-14(24)21-12-6-4-11(19)5-7-12/h2-8H,9H2,1H3,(H,21,24). The fraction of sp³-hybridized carbons (Fsp3) is 0.111. The first kappa shape index (κ1) is 18.4. The van der Waals surface area contributed by atoms with Crippen molar-refractivity contribution in [3.63, 3.8) is 0 Å². The van der Waals surface area contributed by atoms with Crippen LogP contribution in [0.25, 0.3) is 20.8 Å². The number of nitrogens with one attached hydrogen (secondary N) is 1. The maximum atomic E-state index is 12.2. The molecule has 0 saturated heterocycles. The summed E-state index contributed by atoms with van der Waals surface area (Å²) in [7, 11) is 0. The Morgan fingerprint density at radius 3 is 2.78 bits per heavy atom. The smallest absolute Gasteiger partial charge is 0.234 e. The number of fused-ring (bicyclic) bond motifs is 1. The Hall–Kier alpha value is -2.00. The van der Waals surface area contributed by atoms with Crippen LogP contribution in [-0.2, 0) is 4.79 Å². The van der Waals surface area contributed by atoms with Crippen LogP contribution >= 0.6 is 46.0 Å². The van der Waals surface area contributed by atoms with Gasteiger partial charge in [0.1, 0.15) is 16.2 Å². The number of thiophene rings is 1. The molecule has 3 heterocycles. The minimum Gasteiger partial charge on any atom is -0.325 e. The summed E-state index contributed by atoms with van der Waals surface area (Å²) in [6, 6.07) is 11.0. The van der Waals surface area contributed by atoms with Crippen molar-refractivity contribution >= 4 is 67.8 Å². The minimum atomic E-state index is -0.119. The summed E-state index contributed by atoms with van der Waals surface area (Å²) in [5.41, 5.74) is 2.36. The molecule has 0 aliphatic rings. The van der Waals surface area contributed by atoms with Crippen molar-refractivity contribution in [2.45, 2.75) is 11.9 Å². The van der Waals surface area contributed by atoms with E-state index in [1.54, 1.807) is 46.9 Å². The van der Waals surface area contributed by atoms with Gasteiger partial charge in [0.25, 0.3) is 0 Å². The number of carbonyl (C=O) groups is 1. The number of rotatable bonds is 5. The topological polar surface area (TPSA) is 67.8 Å². The number of benzene rings is 1. The molecule has 0 atom stereocenters. The highest BCUT2D eigenvalue weighted by Gasteiger charge is 2.17. The van der Waals surface area contributed by atoms with Gasteiger partial charge in [-0.3, -0.25) is 4.79 Å². The molecule has 0 saturated carbocycles. The molecular formula is C18H13ClN4OS3. The van der Waals surface area contributed by atoms with Gasteiger partial charge in [0.15, 0.2) is 0 Å². The van der Waals surface area contributed by atoms with Crippen molar-refractivity contribution in [3.05, 3.63) is 51.8 Å². The molecule has 4 rings (SSSR count). The number of anilines is 1. The summed E-state index contributed by atoms with van der Waals surface area (Å²) in [4.78, 5) is 17.9. The molecule has 5 nitrogen and oxygen atoms in total. The maximum absolute atomic E-state index is 12.2. The van der Waals surface area contributed by atoms with E-state index in [1.807, 2.05) is 24.4 Å². The largest absolute Gasteiger partial charge is 0.325 e. The number of amides is 1. The third kappa shape index (κ3) is 4.14. The van der Waals surface area contributed by atoms with Crippen LogP contribution in [0.5, 0.6) is 0 Å². The molecule has 1 amide bonds. The fourth-order valence-electron chi connectivity index (χ4n) is 2.46. The Labute approximate surface area is 172 Å². The molecule has 0 aliphatic carbocycles. The second kappa shape index (κ2) is 7.93. The molecule has 0 aliphatic heterocycles. The average molecular weight is 433 g/mol. The van der Waals surface area contributed by atoms with Crippen LogP contribution in [0, 0.1) is 6.92 Å². The van der Waals surface area contributed by atoms with E-state index in [9.17, 15) is 4.79 Å². The Morgan fingerprint density at radius 2 is 2.04 bits per heavy atom. The third-order valence-corrected chi connectivity index (χ3v) is 6.68. The van der Waals surface area contributed by atoms with Crippen LogP contribution in [0.2, 0.25) is 5.02 Å². The van der Waals surface area contributed by atoms with Crippen molar-refractivity contribution < 1.29 is 4.79 Å². The minimum absolute atomic E-state index is 0.119. The maximum Gasteiger partial charge on any atom is 0.234 e. The van der Waals surface area contributed by atoms with E-state index in [4.69, 9.17) is 11.6 Å². The van der Waals surface area contributed by atoms with E-state index in [2.05, 4.69) is 20.5 Å². The fourth-order valence-corrected chi connectivity index (χ4v) is 5.07. The monoisotopic (exact) mass is 432 g/mol. The number of carbonyl (C=O) groups excluding carboxylic acids is 1. The lowest BCUT2D eigenvalue weighted by Gasteiger charge is -2.06. The zero-order valence-electron chi connectivity index (χ0n) is 14.1. The van der Waals surface area contributed by atoms with Crippen molar-refractivity contribution in [3.8, 4) is 10.6 Å². The first-order chi connectivity index (χ1) is 13.1. The zero-order chi connectivity index (χ0) is 18.8. The molecule has 1 aromatic carbocycles. The van der Waals surface area contributed by atoms with E-state index >= 15 is 0 Å². The van der Waals surface area contributed by atoms with Gasteiger partial charge in [-0.05, 0) is 42.6 Å². The van der Waals surface area contributed by atoms with Crippen LogP contribution in [0.3, 0.4) is 0 Å². The highest BCUT2D eigenvalue weighted by molar-refractivity contribution is 8.00. The van der Waals surface area contributed by atoms with Crippen molar-refractivity contribution in [1.82, 2.24) is 15.2 Å². The van der Waals surface area contributed by atoms with Gasteiger partial charge in [0.2, 0.25) is 5.91 Å². The lowest BCUT2D eigenvalue weighted by atomic mass is 10.3. The van der Waals surface area contributed by atoms with Crippen LogP contribution < -0.4 is 5.32 Å². The lowest BCUT2D eigenvalue weighted by Crippen LogP contribution is -2.14. The Bertz CT molecular complexity index is 1090. The number of aryl methyl sites for hydroxylation is 1. The molecule has 27 heavy (non-hydrogen) atoms. The van der Waals surface area contributed by atoms with Gasteiger partial charge < -0.3 is 5.32 Å². The molecular weight excluding hydrogens is 420 g/mol. The normalized spacial score (nSPS) is 11.0. The molecule has 0 fully saturated rings. The summed E-state index contributed by atoms with van der Waals surface area (Å²) in [5.74, 6) is 0.105. The van der Waals surface area contributed by atoms with E-state index < -0.39 is 0 Å². The molecule has 3 aromatic heterocycles. The summed E-state index contributed by atoms with van der Waals surface area (Å²) in [6.07, 6.45) is 0. The Kier molecular flexibility index (Phi) is 5.40. The van der Waals surface area contributed by atoms with E-state index in [1.165, 1.54) is 11.8 Å². The van der Waals surface area contributed by atoms with Gasteiger partial charge in [-0.1, -0.05) is 29.4 Å². The molecule has 0 radical (unpaired) electrons. The first-order valence-electron chi connectivity index (χ1n) is 7.96. The number of thiazole rings is 1. The number of thioether (sulfide) groups is 1. The van der Waals surface area contributed by atoms with Crippen molar-refractivity contribution in [1.29, 1.82) is 0 Å². The van der Waals surface area contributed by atoms with E-state index in [0.717, 1.165) is 25.8 Å². The molecule has 0 bridgehead atoms. The number of nitrogens with zero attached hydrogens (tertiary/aromatic N) is 3. The molecule has 4 aromatic rings. The van der Waals surface area contributed by atoms with Gasteiger partial charge in [0.05, 0.1) is 20.3 Å². The van der Waals surface area contributed by atoms with Crippen molar-refractivity contribution in [2.24, 2.45) is 0 Å². The van der Waals surface area contributed by atoms with Gasteiger partial charge in [-0.2, -0.15) is 0 Å². The van der Waals surface area contributed by atoms with Gasteiger partial charge in [-0.25, -0.2) is 4.98 Å². The molecule has 136 valence electrons. The zero-order valence-corrected chi connectivity index (χ0v) is 17.3. The Balaban J connectivity index is 1.53. The number of halogens is 1. The molecule has 0 unspecified atom stereocenters. The molecule has 1 N–H and O–H groups in total. The van der Waals surface area contributed by atoms with Gasteiger partial charge in [-0.15, -0.1) is 32.9 Å².